The molecule has 3 rings (SSSR count). The van der Waals surface area contributed by atoms with Gasteiger partial charge in [-0.2, -0.15) is 0 Å². The molecule has 0 N–H and O–H groups in total. The molecule has 0 aliphatic rings. The third-order valence-electron chi connectivity index (χ3n) is 3.40. The topological polar surface area (TPSA) is 17.1 Å². The zero-order valence-electron chi connectivity index (χ0n) is 11.1. The average molecular weight is 325 g/mol. The number of hydrogen-bond donors (Lipinski definition) is 0. The highest BCUT2D eigenvalue weighted by Gasteiger charge is 2.13. The Balaban J connectivity index is 2.20. The van der Waals surface area contributed by atoms with Gasteiger partial charge >= 0.3 is 0 Å². The van der Waals surface area contributed by atoms with Gasteiger partial charge in [-0.1, -0.05) is 64.0 Å². The minimum absolute atomic E-state index is 0.0670. The lowest BCUT2D eigenvalue weighted by Gasteiger charge is -2.08. The molecule has 0 amide bonds. The summed E-state index contributed by atoms with van der Waals surface area (Å²) in [5, 5.41) is 2.04. The highest BCUT2D eigenvalue weighted by atomic mass is 79.9. The van der Waals surface area contributed by atoms with Crippen molar-refractivity contribution in [2.75, 3.05) is 0 Å². The highest BCUT2D eigenvalue weighted by Crippen LogP contribution is 2.28. The fraction of sp³-hybridized carbons (Fsp3) is 0.0556. The van der Waals surface area contributed by atoms with E-state index in [0.717, 1.165) is 31.9 Å². The number of benzene rings is 3. The van der Waals surface area contributed by atoms with Crippen LogP contribution in [0.15, 0.2) is 65.1 Å². The van der Waals surface area contributed by atoms with Crippen LogP contribution in [0.1, 0.15) is 21.5 Å². The zero-order valence-corrected chi connectivity index (χ0v) is 12.6. The maximum absolute atomic E-state index is 12.7. The van der Waals surface area contributed by atoms with Crippen LogP contribution in [-0.4, -0.2) is 5.78 Å². The van der Waals surface area contributed by atoms with E-state index in [0.29, 0.717) is 0 Å². The molecule has 1 nitrogen and oxygen atoms in total. The van der Waals surface area contributed by atoms with Crippen molar-refractivity contribution in [3.63, 3.8) is 0 Å². The van der Waals surface area contributed by atoms with Crippen molar-refractivity contribution in [2.24, 2.45) is 0 Å². The van der Waals surface area contributed by atoms with Crippen LogP contribution in [-0.2, 0) is 0 Å². The summed E-state index contributed by atoms with van der Waals surface area (Å²) < 4.78 is 1.01. The Morgan fingerprint density at radius 1 is 0.900 bits per heavy atom. The third-order valence-corrected chi connectivity index (χ3v) is 4.09. The van der Waals surface area contributed by atoms with E-state index >= 15 is 0 Å². The number of fused-ring (bicyclic) bond motifs is 1. The second-order valence-electron chi connectivity index (χ2n) is 4.84. The van der Waals surface area contributed by atoms with Crippen molar-refractivity contribution in [3.8, 4) is 0 Å². The van der Waals surface area contributed by atoms with Gasteiger partial charge in [0.05, 0.1) is 0 Å². The molecule has 0 aliphatic carbocycles. The second kappa shape index (κ2) is 5.22. The summed E-state index contributed by atoms with van der Waals surface area (Å²) in [6.07, 6.45) is 0. The molecule has 0 heterocycles. The molecular formula is C18H13BrO. The quantitative estimate of drug-likeness (QED) is 0.596. The molecule has 0 aliphatic heterocycles. The van der Waals surface area contributed by atoms with Gasteiger partial charge in [0, 0.05) is 15.6 Å². The molecule has 3 aromatic carbocycles. The van der Waals surface area contributed by atoms with E-state index in [4.69, 9.17) is 0 Å². The summed E-state index contributed by atoms with van der Waals surface area (Å²) in [5.74, 6) is 0.0670. The Kier molecular flexibility index (Phi) is 3.41. The molecular weight excluding hydrogens is 312 g/mol. The van der Waals surface area contributed by atoms with Gasteiger partial charge in [-0.25, -0.2) is 0 Å². The zero-order chi connectivity index (χ0) is 14.1. The number of halogens is 1. The molecule has 98 valence electrons. The van der Waals surface area contributed by atoms with Crippen LogP contribution in [0.2, 0.25) is 0 Å². The van der Waals surface area contributed by atoms with Crippen molar-refractivity contribution >= 4 is 32.5 Å². The second-order valence-corrected chi connectivity index (χ2v) is 5.69. The van der Waals surface area contributed by atoms with E-state index in [-0.39, 0.29) is 5.78 Å². The van der Waals surface area contributed by atoms with E-state index in [1.165, 1.54) is 0 Å². The maximum atomic E-state index is 12.7. The van der Waals surface area contributed by atoms with Gasteiger partial charge in [0.25, 0.3) is 0 Å². The molecule has 2 heteroatoms. The summed E-state index contributed by atoms with van der Waals surface area (Å²) in [7, 11) is 0. The highest BCUT2D eigenvalue weighted by molar-refractivity contribution is 9.10. The van der Waals surface area contributed by atoms with Gasteiger partial charge in [-0.15, -0.1) is 0 Å². The standard InChI is InChI=1S/C18H13BrO/c1-12-5-4-6-13(11-12)18(20)16-9-10-17(19)15-8-3-2-7-14(15)16/h2-11H,1H3. The van der Waals surface area contributed by atoms with Gasteiger partial charge in [0.2, 0.25) is 0 Å². The molecule has 0 unspecified atom stereocenters. The van der Waals surface area contributed by atoms with E-state index in [2.05, 4.69) is 15.9 Å². The van der Waals surface area contributed by atoms with Gasteiger partial charge in [-0.3, -0.25) is 4.79 Å². The molecule has 0 aromatic heterocycles. The minimum Gasteiger partial charge on any atom is -0.289 e. The SMILES string of the molecule is Cc1cccc(C(=O)c2ccc(Br)c3ccccc23)c1. The first kappa shape index (κ1) is 13.1. The van der Waals surface area contributed by atoms with Crippen LogP contribution >= 0.6 is 15.9 Å². The lowest BCUT2D eigenvalue weighted by atomic mass is 9.96. The summed E-state index contributed by atoms with van der Waals surface area (Å²) in [5.41, 5.74) is 2.57. The first-order valence-electron chi connectivity index (χ1n) is 6.45. The molecule has 0 saturated carbocycles. The van der Waals surface area contributed by atoms with Crippen LogP contribution in [0, 0.1) is 6.92 Å². The van der Waals surface area contributed by atoms with Crippen LogP contribution in [0.3, 0.4) is 0 Å². The fourth-order valence-electron chi connectivity index (χ4n) is 2.40. The van der Waals surface area contributed by atoms with Crippen LogP contribution in [0.25, 0.3) is 10.8 Å². The van der Waals surface area contributed by atoms with Crippen molar-refractivity contribution in [1.82, 2.24) is 0 Å². The van der Waals surface area contributed by atoms with Gasteiger partial charge < -0.3 is 0 Å². The molecule has 0 bridgehead atoms. The molecule has 0 radical (unpaired) electrons. The van der Waals surface area contributed by atoms with Gasteiger partial charge in [0.15, 0.2) is 5.78 Å². The Labute approximate surface area is 126 Å². The largest absolute Gasteiger partial charge is 0.289 e. The Hall–Kier alpha value is -1.93. The Morgan fingerprint density at radius 2 is 1.65 bits per heavy atom. The molecule has 0 saturated heterocycles. The molecule has 0 atom stereocenters. The fourth-order valence-corrected chi connectivity index (χ4v) is 2.88. The minimum atomic E-state index is 0.0670. The van der Waals surface area contributed by atoms with Crippen LogP contribution in [0.5, 0.6) is 0 Å². The van der Waals surface area contributed by atoms with Crippen molar-refractivity contribution < 1.29 is 4.79 Å². The molecule has 3 aromatic rings. The first-order chi connectivity index (χ1) is 9.66. The number of hydrogen-bond acceptors (Lipinski definition) is 1. The molecule has 0 spiro atoms. The van der Waals surface area contributed by atoms with Crippen molar-refractivity contribution in [3.05, 3.63) is 81.8 Å². The monoisotopic (exact) mass is 324 g/mol. The first-order valence-corrected chi connectivity index (χ1v) is 7.25. The number of carbonyl (C=O) groups is 1. The third kappa shape index (κ3) is 2.27. The summed E-state index contributed by atoms with van der Waals surface area (Å²) in [4.78, 5) is 12.7. The van der Waals surface area contributed by atoms with E-state index in [1.807, 2.05) is 67.6 Å². The number of rotatable bonds is 2. The van der Waals surface area contributed by atoms with Crippen LogP contribution in [0.4, 0.5) is 0 Å². The lowest BCUT2D eigenvalue weighted by Crippen LogP contribution is -2.02. The van der Waals surface area contributed by atoms with Crippen molar-refractivity contribution in [2.45, 2.75) is 6.92 Å². The number of ketones is 1. The summed E-state index contributed by atoms with van der Waals surface area (Å²) in [6.45, 7) is 2.00. The summed E-state index contributed by atoms with van der Waals surface area (Å²) >= 11 is 3.54. The smallest absolute Gasteiger partial charge is 0.193 e. The predicted octanol–water partition coefficient (Wildman–Crippen LogP) is 5.14. The van der Waals surface area contributed by atoms with E-state index < -0.39 is 0 Å². The molecule has 20 heavy (non-hydrogen) atoms. The van der Waals surface area contributed by atoms with E-state index in [1.54, 1.807) is 0 Å². The number of carbonyl (C=O) groups excluding carboxylic acids is 1. The number of aryl methyl sites for hydroxylation is 1. The Bertz CT molecular complexity index is 805. The molecule has 0 fully saturated rings. The Morgan fingerprint density at radius 3 is 2.40 bits per heavy atom. The average Bonchev–Trinajstić information content (AvgIpc) is 2.47. The van der Waals surface area contributed by atoms with Gasteiger partial charge in [-0.05, 0) is 35.9 Å². The van der Waals surface area contributed by atoms with Crippen molar-refractivity contribution in [1.29, 1.82) is 0 Å². The lowest BCUT2D eigenvalue weighted by molar-refractivity contribution is 0.104. The van der Waals surface area contributed by atoms with Crippen LogP contribution < -0.4 is 0 Å². The predicted molar refractivity (Wildman–Crippen MR) is 86.3 cm³/mol. The normalized spacial score (nSPS) is 10.7. The summed E-state index contributed by atoms with van der Waals surface area (Å²) in [6, 6.07) is 19.5. The maximum Gasteiger partial charge on any atom is 0.193 e. The van der Waals surface area contributed by atoms with Gasteiger partial charge in [0.1, 0.15) is 0 Å². The van der Waals surface area contributed by atoms with E-state index in [9.17, 15) is 4.79 Å².